The van der Waals surface area contributed by atoms with Crippen molar-refractivity contribution in [3.05, 3.63) is 52.3 Å². The maximum atomic E-state index is 8.62. The van der Waals surface area contributed by atoms with Crippen LogP contribution in [0.4, 0.5) is 0 Å². The third-order valence-corrected chi connectivity index (χ3v) is 3.21. The van der Waals surface area contributed by atoms with Gasteiger partial charge in [0.25, 0.3) is 0 Å². The minimum Gasteiger partial charge on any atom is -0.409 e. The first-order chi connectivity index (χ1) is 9.60. The lowest BCUT2D eigenvalue weighted by atomic mass is 10.1. The predicted molar refractivity (Wildman–Crippen MR) is 77.7 cm³/mol. The molecule has 1 aromatic heterocycles. The zero-order chi connectivity index (χ0) is 14.5. The van der Waals surface area contributed by atoms with E-state index >= 15 is 0 Å². The second kappa shape index (κ2) is 6.40. The fourth-order valence-corrected chi connectivity index (χ4v) is 2.06. The first-order valence-electron chi connectivity index (χ1n) is 6.04. The van der Waals surface area contributed by atoms with Crippen LogP contribution in [-0.4, -0.2) is 20.8 Å². The third kappa shape index (κ3) is 3.49. The molecule has 0 aliphatic rings. The number of nitrogens with two attached hydrogens (primary N) is 1. The second-order valence-corrected chi connectivity index (χ2v) is 4.82. The fourth-order valence-electron chi connectivity index (χ4n) is 1.81. The van der Waals surface area contributed by atoms with Gasteiger partial charge in [-0.1, -0.05) is 28.9 Å². The van der Waals surface area contributed by atoms with Gasteiger partial charge < -0.3 is 16.3 Å². The van der Waals surface area contributed by atoms with E-state index in [1.165, 1.54) is 0 Å². The van der Waals surface area contributed by atoms with E-state index in [1.807, 2.05) is 25.5 Å². The van der Waals surface area contributed by atoms with Gasteiger partial charge in [0.2, 0.25) is 0 Å². The summed E-state index contributed by atoms with van der Waals surface area (Å²) in [5, 5.41) is 19.5. The van der Waals surface area contributed by atoms with Crippen LogP contribution in [0.5, 0.6) is 0 Å². The van der Waals surface area contributed by atoms with Crippen molar-refractivity contribution < 1.29 is 5.21 Å². The number of nitrogens with zero attached hydrogens (tertiary/aromatic N) is 3. The molecule has 4 N–H and O–H groups in total. The number of benzene rings is 1. The zero-order valence-corrected chi connectivity index (χ0v) is 11.8. The topological polar surface area (TPSA) is 88.5 Å². The molecule has 0 radical (unpaired) electrons. The van der Waals surface area contributed by atoms with Gasteiger partial charge in [-0.15, -0.1) is 0 Å². The Kier molecular flexibility index (Phi) is 4.60. The molecular formula is C13H16ClN5O. The molecule has 7 heteroatoms. The van der Waals surface area contributed by atoms with Gasteiger partial charge in [0, 0.05) is 42.5 Å². The van der Waals surface area contributed by atoms with Gasteiger partial charge in [-0.2, -0.15) is 5.10 Å². The minimum atomic E-state index is 0.0433. The van der Waals surface area contributed by atoms with Gasteiger partial charge in [-0.3, -0.25) is 4.68 Å². The van der Waals surface area contributed by atoms with Gasteiger partial charge in [0.1, 0.15) is 0 Å². The number of hydrogen-bond donors (Lipinski definition) is 3. The second-order valence-electron chi connectivity index (χ2n) is 4.42. The maximum Gasteiger partial charge on any atom is 0.170 e. The molecular weight excluding hydrogens is 278 g/mol. The SMILES string of the molecule is Cn1cc(CNCc2ccc(/C(N)=N/O)cc2Cl)cn1. The first kappa shape index (κ1) is 14.4. The number of amidine groups is 1. The molecule has 0 atom stereocenters. The molecule has 0 aliphatic heterocycles. The van der Waals surface area contributed by atoms with Crippen LogP contribution in [0.3, 0.4) is 0 Å². The maximum absolute atomic E-state index is 8.62. The van der Waals surface area contributed by atoms with Crippen molar-refractivity contribution in [1.82, 2.24) is 15.1 Å². The lowest BCUT2D eigenvalue weighted by molar-refractivity contribution is 0.318. The number of nitrogens with one attached hydrogen (secondary N) is 1. The molecule has 2 rings (SSSR count). The standard InChI is InChI=1S/C13H16ClN5O/c1-19-8-9(6-17-19)5-16-7-11-3-2-10(4-12(11)14)13(15)18-20/h2-4,6,8,16,20H,5,7H2,1H3,(H2,15,18). The van der Waals surface area contributed by atoms with E-state index in [4.69, 9.17) is 22.5 Å². The number of rotatable bonds is 5. The Hall–Kier alpha value is -2.05. The number of oxime groups is 1. The van der Waals surface area contributed by atoms with E-state index in [0.717, 1.165) is 11.1 Å². The summed E-state index contributed by atoms with van der Waals surface area (Å²) in [7, 11) is 1.88. The molecule has 0 fully saturated rings. The van der Waals surface area contributed by atoms with Crippen molar-refractivity contribution in [2.45, 2.75) is 13.1 Å². The molecule has 0 saturated heterocycles. The number of aromatic nitrogens is 2. The average molecular weight is 294 g/mol. The highest BCUT2D eigenvalue weighted by Gasteiger charge is 2.05. The van der Waals surface area contributed by atoms with E-state index in [0.29, 0.717) is 23.7 Å². The highest BCUT2D eigenvalue weighted by atomic mass is 35.5. The fraction of sp³-hybridized carbons (Fsp3) is 0.231. The number of hydrogen-bond acceptors (Lipinski definition) is 4. The van der Waals surface area contributed by atoms with Crippen LogP contribution in [-0.2, 0) is 20.1 Å². The summed E-state index contributed by atoms with van der Waals surface area (Å²) < 4.78 is 1.76. The molecule has 0 bridgehead atoms. The Bertz CT molecular complexity index is 623. The molecule has 1 heterocycles. The van der Waals surface area contributed by atoms with E-state index < -0.39 is 0 Å². The van der Waals surface area contributed by atoms with Gasteiger partial charge in [-0.25, -0.2) is 0 Å². The van der Waals surface area contributed by atoms with Gasteiger partial charge >= 0.3 is 0 Å². The van der Waals surface area contributed by atoms with Crippen LogP contribution < -0.4 is 11.1 Å². The summed E-state index contributed by atoms with van der Waals surface area (Å²) >= 11 is 6.17. The Morgan fingerprint density at radius 2 is 2.30 bits per heavy atom. The number of aryl methyl sites for hydroxylation is 1. The highest BCUT2D eigenvalue weighted by Crippen LogP contribution is 2.18. The molecule has 6 nitrogen and oxygen atoms in total. The van der Waals surface area contributed by atoms with Crippen LogP contribution in [0.1, 0.15) is 16.7 Å². The summed E-state index contributed by atoms with van der Waals surface area (Å²) in [5.74, 6) is 0.0433. The van der Waals surface area contributed by atoms with E-state index in [1.54, 1.807) is 16.8 Å². The van der Waals surface area contributed by atoms with Crippen molar-refractivity contribution in [1.29, 1.82) is 0 Å². The average Bonchev–Trinajstić information content (AvgIpc) is 2.85. The van der Waals surface area contributed by atoms with Crippen molar-refractivity contribution in [3.8, 4) is 0 Å². The quantitative estimate of drug-likeness (QED) is 0.337. The highest BCUT2D eigenvalue weighted by molar-refractivity contribution is 6.31. The van der Waals surface area contributed by atoms with Gasteiger partial charge in [-0.05, 0) is 11.6 Å². The van der Waals surface area contributed by atoms with Crippen molar-refractivity contribution in [3.63, 3.8) is 0 Å². The van der Waals surface area contributed by atoms with E-state index in [2.05, 4.69) is 15.6 Å². The van der Waals surface area contributed by atoms with Crippen molar-refractivity contribution in [2.75, 3.05) is 0 Å². The normalized spacial score (nSPS) is 11.8. The molecule has 2 aromatic rings. The largest absolute Gasteiger partial charge is 0.409 e. The third-order valence-electron chi connectivity index (χ3n) is 2.86. The molecule has 0 amide bonds. The Morgan fingerprint density at radius 1 is 1.50 bits per heavy atom. The predicted octanol–water partition coefficient (Wildman–Crippen LogP) is 1.46. The van der Waals surface area contributed by atoms with Crippen LogP contribution in [0.25, 0.3) is 0 Å². The molecule has 0 saturated carbocycles. The molecule has 0 unspecified atom stereocenters. The summed E-state index contributed by atoms with van der Waals surface area (Å²) in [6, 6.07) is 5.30. The summed E-state index contributed by atoms with van der Waals surface area (Å²) in [6.07, 6.45) is 3.77. The summed E-state index contributed by atoms with van der Waals surface area (Å²) in [4.78, 5) is 0. The Morgan fingerprint density at radius 3 is 2.90 bits per heavy atom. The lowest BCUT2D eigenvalue weighted by Crippen LogP contribution is -2.15. The van der Waals surface area contributed by atoms with E-state index in [-0.39, 0.29) is 5.84 Å². The van der Waals surface area contributed by atoms with Crippen molar-refractivity contribution in [2.24, 2.45) is 17.9 Å². The summed E-state index contributed by atoms with van der Waals surface area (Å²) in [5.41, 5.74) is 8.16. The molecule has 0 aliphatic carbocycles. The lowest BCUT2D eigenvalue weighted by Gasteiger charge is -2.07. The van der Waals surface area contributed by atoms with Crippen molar-refractivity contribution >= 4 is 17.4 Å². The minimum absolute atomic E-state index is 0.0433. The first-order valence-corrected chi connectivity index (χ1v) is 6.42. The Balaban J connectivity index is 1.96. The molecule has 106 valence electrons. The van der Waals surface area contributed by atoms with Gasteiger partial charge in [0.05, 0.1) is 6.20 Å². The Labute approximate surface area is 121 Å². The number of halogens is 1. The molecule has 1 aromatic carbocycles. The zero-order valence-electron chi connectivity index (χ0n) is 11.0. The van der Waals surface area contributed by atoms with Gasteiger partial charge in [0.15, 0.2) is 5.84 Å². The van der Waals surface area contributed by atoms with Crippen LogP contribution >= 0.6 is 11.6 Å². The van der Waals surface area contributed by atoms with Crippen LogP contribution in [0.15, 0.2) is 35.7 Å². The van der Waals surface area contributed by atoms with E-state index in [9.17, 15) is 0 Å². The monoisotopic (exact) mass is 293 g/mol. The van der Waals surface area contributed by atoms with Crippen LogP contribution in [0.2, 0.25) is 5.02 Å². The smallest absolute Gasteiger partial charge is 0.170 e. The molecule has 20 heavy (non-hydrogen) atoms. The molecule has 0 spiro atoms. The van der Waals surface area contributed by atoms with Crippen LogP contribution in [0, 0.1) is 0 Å². The summed E-state index contributed by atoms with van der Waals surface area (Å²) in [6.45, 7) is 1.34.